The van der Waals surface area contributed by atoms with E-state index in [0.717, 1.165) is 32.2 Å². The van der Waals surface area contributed by atoms with Crippen LogP contribution in [0, 0.1) is 5.92 Å². The van der Waals surface area contributed by atoms with Gasteiger partial charge in [0, 0.05) is 25.7 Å². The van der Waals surface area contributed by atoms with Crippen molar-refractivity contribution in [1.82, 2.24) is 9.80 Å². The highest BCUT2D eigenvalue weighted by atomic mass is 16.5. The van der Waals surface area contributed by atoms with Crippen LogP contribution < -0.4 is 0 Å². The third-order valence-corrected chi connectivity index (χ3v) is 5.50. The van der Waals surface area contributed by atoms with Crippen molar-refractivity contribution in [1.29, 1.82) is 0 Å². The summed E-state index contributed by atoms with van der Waals surface area (Å²) in [6, 6.07) is 0.00396. The lowest BCUT2D eigenvalue weighted by Gasteiger charge is -2.41. The Kier molecular flexibility index (Phi) is 3.59. The molecule has 6 nitrogen and oxygen atoms in total. The fourth-order valence-corrected chi connectivity index (χ4v) is 4.25. The summed E-state index contributed by atoms with van der Waals surface area (Å²) in [7, 11) is 1.69. The Labute approximate surface area is 125 Å². The second kappa shape index (κ2) is 5.16. The van der Waals surface area contributed by atoms with Crippen LogP contribution >= 0.6 is 0 Å². The molecular formula is C15H24N2O4. The van der Waals surface area contributed by atoms with Gasteiger partial charge in [0.25, 0.3) is 0 Å². The zero-order valence-electron chi connectivity index (χ0n) is 12.7. The molecule has 0 aliphatic carbocycles. The van der Waals surface area contributed by atoms with Gasteiger partial charge >= 0.3 is 12.0 Å². The third-order valence-electron chi connectivity index (χ3n) is 5.50. The molecule has 118 valence electrons. The fourth-order valence-electron chi connectivity index (χ4n) is 4.25. The van der Waals surface area contributed by atoms with E-state index in [-0.39, 0.29) is 29.6 Å². The number of hydrogen-bond donors (Lipinski definition) is 1. The van der Waals surface area contributed by atoms with Crippen molar-refractivity contribution in [2.75, 3.05) is 20.2 Å². The maximum absolute atomic E-state index is 12.8. The Bertz CT molecular complexity index is 455. The molecule has 3 heterocycles. The lowest BCUT2D eigenvalue weighted by molar-refractivity contribution is -0.142. The largest absolute Gasteiger partial charge is 0.481 e. The molecule has 3 saturated heterocycles. The minimum atomic E-state index is -0.764. The van der Waals surface area contributed by atoms with Crippen LogP contribution in [0.4, 0.5) is 4.79 Å². The number of likely N-dealkylation sites (tertiary alicyclic amines) is 1. The maximum atomic E-state index is 12.8. The highest BCUT2D eigenvalue weighted by molar-refractivity contribution is 5.79. The Morgan fingerprint density at radius 1 is 1.33 bits per heavy atom. The number of rotatable bonds is 2. The number of carboxylic acid groups (broad SMARTS) is 1. The topological polar surface area (TPSA) is 70.1 Å². The van der Waals surface area contributed by atoms with Crippen LogP contribution in [0.5, 0.6) is 0 Å². The first-order valence-corrected chi connectivity index (χ1v) is 7.80. The van der Waals surface area contributed by atoms with E-state index >= 15 is 0 Å². The van der Waals surface area contributed by atoms with Crippen molar-refractivity contribution in [2.24, 2.45) is 5.92 Å². The second-order valence-corrected chi connectivity index (χ2v) is 6.85. The number of ether oxygens (including phenoxy) is 1. The molecule has 4 atom stereocenters. The number of methoxy groups -OCH3 is 1. The van der Waals surface area contributed by atoms with E-state index in [2.05, 4.69) is 0 Å². The summed E-state index contributed by atoms with van der Waals surface area (Å²) in [6.45, 7) is 3.37. The molecule has 3 fully saturated rings. The summed E-state index contributed by atoms with van der Waals surface area (Å²) < 4.78 is 5.54. The van der Waals surface area contributed by atoms with Crippen LogP contribution in [0.3, 0.4) is 0 Å². The van der Waals surface area contributed by atoms with E-state index in [1.54, 1.807) is 7.11 Å². The average Bonchev–Trinajstić information content (AvgIpc) is 3.04. The summed E-state index contributed by atoms with van der Waals surface area (Å²) in [5.41, 5.74) is -0.279. The van der Waals surface area contributed by atoms with Crippen LogP contribution in [0.15, 0.2) is 0 Å². The van der Waals surface area contributed by atoms with Crippen molar-refractivity contribution in [3.8, 4) is 0 Å². The minimum Gasteiger partial charge on any atom is -0.481 e. The quantitative estimate of drug-likeness (QED) is 0.839. The number of carbonyl (C=O) groups excluding carboxylic acids is 1. The SMILES string of the molecule is COC1(C)CCCN(C(=O)N2C3CCC2C(C(=O)O)C3)C1. The average molecular weight is 296 g/mol. The lowest BCUT2D eigenvalue weighted by Crippen LogP contribution is -2.54. The van der Waals surface area contributed by atoms with Crippen molar-refractivity contribution < 1.29 is 19.4 Å². The molecule has 0 radical (unpaired) electrons. The maximum Gasteiger partial charge on any atom is 0.320 e. The van der Waals surface area contributed by atoms with Gasteiger partial charge in [0.05, 0.1) is 18.1 Å². The number of piperidine rings is 1. The van der Waals surface area contributed by atoms with Gasteiger partial charge in [-0.1, -0.05) is 0 Å². The molecule has 2 bridgehead atoms. The number of urea groups is 1. The van der Waals surface area contributed by atoms with Gasteiger partial charge in [0.1, 0.15) is 0 Å². The van der Waals surface area contributed by atoms with Gasteiger partial charge in [0.2, 0.25) is 0 Å². The predicted octanol–water partition coefficient (Wildman–Crippen LogP) is 1.54. The van der Waals surface area contributed by atoms with Gasteiger partial charge in [-0.2, -0.15) is 0 Å². The molecule has 21 heavy (non-hydrogen) atoms. The number of aliphatic carboxylic acids is 1. The molecule has 3 aliphatic heterocycles. The Morgan fingerprint density at radius 2 is 2.10 bits per heavy atom. The molecule has 3 aliphatic rings. The number of amides is 2. The number of nitrogens with zero attached hydrogens (tertiary/aromatic N) is 2. The van der Waals surface area contributed by atoms with Gasteiger partial charge in [-0.3, -0.25) is 4.79 Å². The molecule has 2 amide bonds. The van der Waals surface area contributed by atoms with Crippen molar-refractivity contribution >= 4 is 12.0 Å². The van der Waals surface area contributed by atoms with Gasteiger partial charge in [-0.25, -0.2) is 4.79 Å². The van der Waals surface area contributed by atoms with Crippen LogP contribution in [0.1, 0.15) is 39.0 Å². The monoisotopic (exact) mass is 296 g/mol. The number of fused-ring (bicyclic) bond motifs is 2. The molecule has 0 spiro atoms. The molecular weight excluding hydrogens is 272 g/mol. The number of carboxylic acids is 1. The van der Waals surface area contributed by atoms with E-state index in [1.165, 1.54) is 0 Å². The van der Waals surface area contributed by atoms with Gasteiger partial charge in [-0.15, -0.1) is 0 Å². The lowest BCUT2D eigenvalue weighted by atomic mass is 9.89. The van der Waals surface area contributed by atoms with E-state index in [0.29, 0.717) is 13.0 Å². The molecule has 0 aromatic carbocycles. The predicted molar refractivity (Wildman–Crippen MR) is 76.0 cm³/mol. The second-order valence-electron chi connectivity index (χ2n) is 6.85. The normalized spacial score (nSPS) is 38.9. The van der Waals surface area contributed by atoms with Crippen molar-refractivity contribution in [3.05, 3.63) is 0 Å². The molecule has 0 aromatic rings. The molecule has 0 aromatic heterocycles. The van der Waals surface area contributed by atoms with E-state index in [4.69, 9.17) is 4.74 Å². The highest BCUT2D eigenvalue weighted by Crippen LogP contribution is 2.42. The van der Waals surface area contributed by atoms with Crippen LogP contribution in [-0.2, 0) is 9.53 Å². The number of hydrogen-bond acceptors (Lipinski definition) is 3. The number of carbonyl (C=O) groups is 2. The fraction of sp³-hybridized carbons (Fsp3) is 0.867. The van der Waals surface area contributed by atoms with Crippen molar-refractivity contribution in [3.63, 3.8) is 0 Å². The first-order valence-electron chi connectivity index (χ1n) is 7.80. The summed E-state index contributed by atoms with van der Waals surface area (Å²) in [5.74, 6) is -1.15. The summed E-state index contributed by atoms with van der Waals surface area (Å²) >= 11 is 0. The van der Waals surface area contributed by atoms with Crippen molar-refractivity contribution in [2.45, 2.75) is 56.7 Å². The standard InChI is InChI=1S/C15H24N2O4/c1-15(21-2)6-3-7-16(9-15)14(20)17-10-4-5-12(17)11(8-10)13(18)19/h10-12H,3-9H2,1-2H3,(H,18,19). The Morgan fingerprint density at radius 3 is 2.71 bits per heavy atom. The Hall–Kier alpha value is -1.30. The molecule has 1 N–H and O–H groups in total. The Balaban J connectivity index is 1.73. The van der Waals surface area contributed by atoms with E-state index in [1.807, 2.05) is 16.7 Å². The van der Waals surface area contributed by atoms with Crippen LogP contribution in [0.25, 0.3) is 0 Å². The summed E-state index contributed by atoms with van der Waals surface area (Å²) in [4.78, 5) is 27.8. The van der Waals surface area contributed by atoms with Crippen LogP contribution in [-0.4, -0.2) is 64.8 Å². The first kappa shape index (κ1) is 14.6. The summed E-state index contributed by atoms with van der Waals surface area (Å²) in [5, 5.41) is 9.29. The molecule has 6 heteroatoms. The van der Waals surface area contributed by atoms with Gasteiger partial charge in [0.15, 0.2) is 0 Å². The van der Waals surface area contributed by atoms with Gasteiger partial charge < -0.3 is 19.6 Å². The summed E-state index contributed by atoms with van der Waals surface area (Å²) in [6.07, 6.45) is 4.26. The van der Waals surface area contributed by atoms with Gasteiger partial charge in [-0.05, 0) is 39.0 Å². The molecule has 4 unspecified atom stereocenters. The van der Waals surface area contributed by atoms with Crippen LogP contribution in [0.2, 0.25) is 0 Å². The first-order chi connectivity index (χ1) is 9.95. The highest BCUT2D eigenvalue weighted by Gasteiger charge is 2.52. The van der Waals surface area contributed by atoms with E-state index < -0.39 is 5.97 Å². The zero-order valence-corrected chi connectivity index (χ0v) is 12.7. The zero-order chi connectivity index (χ0) is 15.2. The molecule has 3 rings (SSSR count). The smallest absolute Gasteiger partial charge is 0.320 e. The third kappa shape index (κ3) is 2.39. The minimum absolute atomic E-state index is 0.00854. The molecule has 0 saturated carbocycles. The van der Waals surface area contributed by atoms with E-state index in [9.17, 15) is 14.7 Å².